The maximum Gasteiger partial charge on any atom is 0.282 e. The lowest BCUT2D eigenvalue weighted by molar-refractivity contribution is -0.384. The number of likely N-dealkylation sites (N-methyl/N-ethyl adjacent to an activating group) is 1. The third-order valence-corrected chi connectivity index (χ3v) is 4.60. The average Bonchev–Trinajstić information content (AvgIpc) is 2.93. The summed E-state index contributed by atoms with van der Waals surface area (Å²) in [5.74, 6) is -1.00. The number of rotatable bonds is 6. The van der Waals surface area contributed by atoms with Crippen molar-refractivity contribution in [2.24, 2.45) is 0 Å². The molecular formula is C20H19N3O5. The molecule has 28 heavy (non-hydrogen) atoms. The number of nitro groups is 1. The van der Waals surface area contributed by atoms with E-state index < -0.39 is 16.7 Å². The molecule has 0 atom stereocenters. The molecule has 0 saturated heterocycles. The van der Waals surface area contributed by atoms with Gasteiger partial charge in [0.05, 0.1) is 22.8 Å². The summed E-state index contributed by atoms with van der Waals surface area (Å²) in [6.45, 7) is 1.77. The van der Waals surface area contributed by atoms with Gasteiger partial charge in [0.2, 0.25) is 0 Å². The quantitative estimate of drug-likeness (QED) is 0.467. The fraction of sp³-hybridized carbons (Fsp3) is 0.200. The zero-order chi connectivity index (χ0) is 20.4. The molecule has 1 heterocycles. The van der Waals surface area contributed by atoms with Gasteiger partial charge in [0.1, 0.15) is 5.70 Å². The van der Waals surface area contributed by atoms with Gasteiger partial charge in [-0.1, -0.05) is 18.2 Å². The fourth-order valence-electron chi connectivity index (χ4n) is 3.18. The number of nitro benzene ring substituents is 1. The number of hydrogen-bond acceptors (Lipinski definition) is 6. The van der Waals surface area contributed by atoms with E-state index >= 15 is 0 Å². The third kappa shape index (κ3) is 3.25. The first-order valence-corrected chi connectivity index (χ1v) is 8.62. The van der Waals surface area contributed by atoms with Crippen molar-refractivity contribution in [1.29, 1.82) is 0 Å². The van der Waals surface area contributed by atoms with Crippen molar-refractivity contribution in [2.45, 2.75) is 6.92 Å². The highest BCUT2D eigenvalue weighted by molar-refractivity contribution is 6.45. The molecule has 0 aliphatic carbocycles. The summed E-state index contributed by atoms with van der Waals surface area (Å²) >= 11 is 0. The molecule has 2 amide bonds. The largest absolute Gasteiger partial charge is 0.395 e. The Morgan fingerprint density at radius 2 is 1.71 bits per heavy atom. The molecule has 0 fully saturated rings. The van der Waals surface area contributed by atoms with Crippen LogP contribution in [0.4, 0.5) is 11.4 Å². The van der Waals surface area contributed by atoms with Crippen LogP contribution in [0.1, 0.15) is 11.1 Å². The van der Waals surface area contributed by atoms with Crippen LogP contribution in [0.5, 0.6) is 0 Å². The summed E-state index contributed by atoms with van der Waals surface area (Å²) in [4.78, 5) is 39.4. The van der Waals surface area contributed by atoms with Crippen LogP contribution in [-0.2, 0) is 9.59 Å². The standard InChI is InChI=1S/C20H19N3O5/c1-13-5-3-4-6-16(13)22-19(25)17(18(20(22)26)21(2)11-12-24)14-7-9-15(10-8-14)23(27)28/h3-10,24H,11-12H2,1-2H3. The number of anilines is 1. The van der Waals surface area contributed by atoms with E-state index in [0.717, 1.165) is 10.5 Å². The Morgan fingerprint density at radius 3 is 2.29 bits per heavy atom. The highest BCUT2D eigenvalue weighted by Gasteiger charge is 2.42. The Balaban J connectivity index is 2.14. The number of para-hydroxylation sites is 1. The van der Waals surface area contributed by atoms with E-state index in [1.807, 2.05) is 6.07 Å². The number of aliphatic hydroxyl groups is 1. The minimum absolute atomic E-state index is 0.109. The van der Waals surface area contributed by atoms with Gasteiger partial charge >= 0.3 is 0 Å². The maximum absolute atomic E-state index is 13.2. The van der Waals surface area contributed by atoms with Gasteiger partial charge in [-0.3, -0.25) is 19.7 Å². The normalized spacial score (nSPS) is 14.0. The number of nitrogens with zero attached hydrogens (tertiary/aromatic N) is 3. The molecule has 0 spiro atoms. The lowest BCUT2D eigenvalue weighted by Gasteiger charge is -2.21. The Hall–Kier alpha value is -3.52. The van der Waals surface area contributed by atoms with E-state index in [1.54, 1.807) is 32.2 Å². The highest BCUT2D eigenvalue weighted by atomic mass is 16.6. The topological polar surface area (TPSA) is 104 Å². The molecule has 0 unspecified atom stereocenters. The van der Waals surface area contributed by atoms with Gasteiger partial charge in [0.25, 0.3) is 17.5 Å². The Kier molecular flexibility index (Phi) is 5.23. The van der Waals surface area contributed by atoms with Gasteiger partial charge in [-0.25, -0.2) is 4.90 Å². The van der Waals surface area contributed by atoms with Crippen molar-refractivity contribution in [3.05, 3.63) is 75.5 Å². The lowest BCUT2D eigenvalue weighted by atomic mass is 10.0. The molecule has 0 saturated carbocycles. The summed E-state index contributed by atoms with van der Waals surface area (Å²) < 4.78 is 0. The number of hydrogen-bond donors (Lipinski definition) is 1. The van der Waals surface area contributed by atoms with Crippen molar-refractivity contribution in [1.82, 2.24) is 4.90 Å². The molecule has 1 aliphatic heterocycles. The van der Waals surface area contributed by atoms with E-state index in [4.69, 9.17) is 0 Å². The number of amides is 2. The number of imide groups is 1. The number of carbonyl (C=O) groups is 2. The summed E-state index contributed by atoms with van der Waals surface area (Å²) in [5.41, 5.74) is 1.83. The van der Waals surface area contributed by atoms with E-state index in [9.17, 15) is 24.8 Å². The van der Waals surface area contributed by atoms with Gasteiger partial charge in [0.15, 0.2) is 0 Å². The van der Waals surface area contributed by atoms with E-state index in [2.05, 4.69) is 0 Å². The molecule has 144 valence electrons. The van der Waals surface area contributed by atoms with Crippen molar-refractivity contribution in [3.8, 4) is 0 Å². The predicted octanol–water partition coefficient (Wildman–Crippen LogP) is 2.11. The Bertz CT molecular complexity index is 982. The maximum atomic E-state index is 13.2. The Morgan fingerprint density at radius 1 is 1.07 bits per heavy atom. The molecule has 2 aromatic rings. The minimum Gasteiger partial charge on any atom is -0.395 e. The van der Waals surface area contributed by atoms with E-state index in [-0.39, 0.29) is 30.1 Å². The summed E-state index contributed by atoms with van der Waals surface area (Å²) in [6, 6.07) is 12.5. The molecule has 0 aromatic heterocycles. The van der Waals surface area contributed by atoms with Crippen molar-refractivity contribution in [3.63, 3.8) is 0 Å². The molecule has 0 radical (unpaired) electrons. The van der Waals surface area contributed by atoms with E-state index in [0.29, 0.717) is 11.3 Å². The minimum atomic E-state index is -0.530. The zero-order valence-electron chi connectivity index (χ0n) is 15.5. The monoisotopic (exact) mass is 381 g/mol. The second-order valence-electron chi connectivity index (χ2n) is 6.40. The van der Waals surface area contributed by atoms with Gasteiger partial charge in [-0.05, 0) is 36.2 Å². The van der Waals surface area contributed by atoms with Crippen LogP contribution in [0.3, 0.4) is 0 Å². The van der Waals surface area contributed by atoms with Crippen molar-refractivity contribution in [2.75, 3.05) is 25.1 Å². The van der Waals surface area contributed by atoms with Crippen LogP contribution < -0.4 is 4.90 Å². The van der Waals surface area contributed by atoms with Gasteiger partial charge in [-0.2, -0.15) is 0 Å². The first-order valence-electron chi connectivity index (χ1n) is 8.62. The number of carbonyl (C=O) groups excluding carboxylic acids is 2. The predicted molar refractivity (Wildman–Crippen MR) is 103 cm³/mol. The van der Waals surface area contributed by atoms with Crippen molar-refractivity contribution >= 4 is 28.8 Å². The van der Waals surface area contributed by atoms with Crippen LogP contribution in [0.2, 0.25) is 0 Å². The highest BCUT2D eigenvalue weighted by Crippen LogP contribution is 2.35. The summed E-state index contributed by atoms with van der Waals surface area (Å²) in [6.07, 6.45) is 0. The van der Waals surface area contributed by atoms with Crippen LogP contribution in [-0.4, -0.2) is 46.9 Å². The average molecular weight is 381 g/mol. The van der Waals surface area contributed by atoms with E-state index in [1.165, 1.54) is 29.2 Å². The number of aliphatic hydroxyl groups excluding tert-OH is 1. The van der Waals surface area contributed by atoms with Crippen LogP contribution in [0.25, 0.3) is 5.57 Å². The molecule has 2 aromatic carbocycles. The molecule has 3 rings (SSSR count). The SMILES string of the molecule is Cc1ccccc1N1C(=O)C(c2ccc([N+](=O)[O-])cc2)=C(N(C)CCO)C1=O. The molecule has 1 aliphatic rings. The lowest BCUT2D eigenvalue weighted by Crippen LogP contribution is -2.35. The molecular weight excluding hydrogens is 362 g/mol. The van der Waals surface area contributed by atoms with Gasteiger partial charge in [0, 0.05) is 25.7 Å². The Labute approximate surface area is 161 Å². The third-order valence-electron chi connectivity index (χ3n) is 4.60. The molecule has 1 N–H and O–H groups in total. The second-order valence-corrected chi connectivity index (χ2v) is 6.40. The summed E-state index contributed by atoms with van der Waals surface area (Å²) in [5, 5.41) is 20.2. The first-order chi connectivity index (χ1) is 13.4. The van der Waals surface area contributed by atoms with Gasteiger partial charge < -0.3 is 10.0 Å². The fourth-order valence-corrected chi connectivity index (χ4v) is 3.18. The van der Waals surface area contributed by atoms with Crippen LogP contribution in [0.15, 0.2) is 54.2 Å². The summed E-state index contributed by atoms with van der Waals surface area (Å²) in [7, 11) is 1.61. The second kappa shape index (κ2) is 7.61. The molecule has 8 heteroatoms. The molecule has 0 bridgehead atoms. The number of aryl methyl sites for hydroxylation is 1. The van der Waals surface area contributed by atoms with Crippen molar-refractivity contribution < 1.29 is 19.6 Å². The van der Waals surface area contributed by atoms with Crippen LogP contribution >= 0.6 is 0 Å². The van der Waals surface area contributed by atoms with Gasteiger partial charge in [-0.15, -0.1) is 0 Å². The smallest absolute Gasteiger partial charge is 0.282 e. The number of non-ortho nitro benzene ring substituents is 1. The number of benzene rings is 2. The van der Waals surface area contributed by atoms with Crippen LogP contribution in [0, 0.1) is 17.0 Å². The zero-order valence-corrected chi connectivity index (χ0v) is 15.5. The first kappa shape index (κ1) is 19.2. The molecule has 8 nitrogen and oxygen atoms in total.